The molecule has 0 fully saturated rings. The van der Waals surface area contributed by atoms with Gasteiger partial charge in [-0.2, -0.15) is 0 Å². The molecule has 1 rings (SSSR count). The highest BCUT2D eigenvalue weighted by molar-refractivity contribution is 5.64. The molecule has 0 atom stereocenters. The lowest BCUT2D eigenvalue weighted by molar-refractivity contribution is -0.305. The summed E-state index contributed by atoms with van der Waals surface area (Å²) in [4.78, 5) is 10.2. The second-order valence-corrected chi connectivity index (χ2v) is 5.50. The quantitative estimate of drug-likeness (QED) is 0.395. The largest absolute Gasteiger partial charge is 0.550 e. The van der Waals surface area contributed by atoms with Crippen molar-refractivity contribution < 1.29 is 9.90 Å². The van der Waals surface area contributed by atoms with E-state index < -0.39 is 5.97 Å². The van der Waals surface area contributed by atoms with Gasteiger partial charge in [0.2, 0.25) is 0 Å². The van der Waals surface area contributed by atoms with Crippen LogP contribution < -0.4 is 5.11 Å². The molecule has 0 saturated heterocycles. The smallest absolute Gasteiger partial charge is 0.0414 e. The maximum atomic E-state index is 10.2. The first-order valence-corrected chi connectivity index (χ1v) is 7.74. The van der Waals surface area contributed by atoms with Gasteiger partial charge >= 0.3 is 0 Å². The highest BCUT2D eigenvalue weighted by Gasteiger charge is 2.18. The lowest BCUT2D eigenvalue weighted by Gasteiger charge is -2.02. The Hall–Kier alpha value is -1.05. The van der Waals surface area contributed by atoms with Gasteiger partial charge in [-0.3, -0.25) is 0 Å². The van der Waals surface area contributed by atoms with Crippen molar-refractivity contribution in [2.45, 2.75) is 77.6 Å². The van der Waals surface area contributed by atoms with Crippen LogP contribution in [-0.2, 0) is 4.79 Å². The standard InChI is InChI=1S/C17H28O2/c1-2-3-11-15-14-16(15)12-9-7-5-4-6-8-10-13-17(18)19/h2-3H,4-14H2,1H3,(H,18,19)/p-1/b3-2+. The normalized spacial score (nSPS) is 14.4. The first-order valence-electron chi connectivity index (χ1n) is 7.74. The Morgan fingerprint density at radius 1 is 1.05 bits per heavy atom. The van der Waals surface area contributed by atoms with Gasteiger partial charge < -0.3 is 9.90 Å². The number of unbranched alkanes of at least 4 members (excludes halogenated alkanes) is 6. The minimum atomic E-state index is -0.911. The van der Waals surface area contributed by atoms with E-state index >= 15 is 0 Å². The van der Waals surface area contributed by atoms with Gasteiger partial charge in [-0.25, -0.2) is 0 Å². The van der Waals surface area contributed by atoms with Crippen LogP contribution in [0.3, 0.4) is 0 Å². The Kier molecular flexibility index (Phi) is 8.28. The Balaban J connectivity index is 1.82. The van der Waals surface area contributed by atoms with Crippen LogP contribution in [0, 0.1) is 0 Å². The van der Waals surface area contributed by atoms with Crippen LogP contribution in [0.1, 0.15) is 77.6 Å². The van der Waals surface area contributed by atoms with Crippen molar-refractivity contribution in [2.75, 3.05) is 0 Å². The van der Waals surface area contributed by atoms with E-state index in [1.165, 1.54) is 51.4 Å². The molecule has 0 aliphatic heterocycles. The van der Waals surface area contributed by atoms with Gasteiger partial charge in [-0.1, -0.05) is 55.4 Å². The summed E-state index contributed by atoms with van der Waals surface area (Å²) >= 11 is 0. The molecular formula is C17H27O2-. The van der Waals surface area contributed by atoms with Crippen molar-refractivity contribution in [3.63, 3.8) is 0 Å². The van der Waals surface area contributed by atoms with Crippen LogP contribution in [0.5, 0.6) is 0 Å². The van der Waals surface area contributed by atoms with Crippen molar-refractivity contribution in [1.29, 1.82) is 0 Å². The fourth-order valence-corrected chi connectivity index (χ4v) is 2.45. The third-order valence-electron chi connectivity index (χ3n) is 3.76. The summed E-state index contributed by atoms with van der Waals surface area (Å²) in [5, 5.41) is 10.2. The summed E-state index contributed by atoms with van der Waals surface area (Å²) < 4.78 is 0. The molecule has 19 heavy (non-hydrogen) atoms. The molecular weight excluding hydrogens is 236 g/mol. The van der Waals surface area contributed by atoms with E-state index in [0.717, 1.165) is 12.8 Å². The zero-order valence-corrected chi connectivity index (χ0v) is 12.2. The number of rotatable bonds is 12. The molecule has 2 heteroatoms. The fraction of sp³-hybridized carbons (Fsp3) is 0.706. The lowest BCUT2D eigenvalue weighted by atomic mass is 10.1. The first-order chi connectivity index (χ1) is 9.24. The summed E-state index contributed by atoms with van der Waals surface area (Å²) in [5.41, 5.74) is 3.37. The number of carboxylic acid groups (broad SMARTS) is 1. The summed E-state index contributed by atoms with van der Waals surface area (Å²) in [7, 11) is 0. The van der Waals surface area contributed by atoms with Crippen molar-refractivity contribution in [2.24, 2.45) is 0 Å². The van der Waals surface area contributed by atoms with E-state index in [1.54, 1.807) is 11.1 Å². The predicted molar refractivity (Wildman–Crippen MR) is 77.6 cm³/mol. The van der Waals surface area contributed by atoms with E-state index in [2.05, 4.69) is 19.1 Å². The highest BCUT2D eigenvalue weighted by Crippen LogP contribution is 2.37. The van der Waals surface area contributed by atoms with Crippen LogP contribution in [0.4, 0.5) is 0 Å². The second-order valence-electron chi connectivity index (χ2n) is 5.50. The predicted octanol–water partition coefficient (Wildman–Crippen LogP) is 3.91. The van der Waals surface area contributed by atoms with Crippen molar-refractivity contribution in [1.82, 2.24) is 0 Å². The molecule has 0 aromatic carbocycles. The Labute approximate surface area is 117 Å². The van der Waals surface area contributed by atoms with Crippen molar-refractivity contribution >= 4 is 5.97 Å². The Bertz CT molecular complexity index is 326. The average Bonchev–Trinajstić information content (AvgIpc) is 3.12. The summed E-state index contributed by atoms with van der Waals surface area (Å²) in [6.07, 6.45) is 16.5. The molecule has 0 amide bonds. The fourth-order valence-electron chi connectivity index (χ4n) is 2.45. The number of carboxylic acids is 1. The topological polar surface area (TPSA) is 40.1 Å². The van der Waals surface area contributed by atoms with E-state index in [9.17, 15) is 9.90 Å². The zero-order valence-electron chi connectivity index (χ0n) is 12.2. The van der Waals surface area contributed by atoms with E-state index in [4.69, 9.17) is 0 Å². The molecule has 0 N–H and O–H groups in total. The first kappa shape index (κ1) is 16.0. The minimum absolute atomic E-state index is 0.225. The Morgan fingerprint density at radius 3 is 2.32 bits per heavy atom. The molecule has 0 spiro atoms. The number of aliphatic carboxylic acids is 1. The zero-order chi connectivity index (χ0) is 13.9. The molecule has 108 valence electrons. The molecule has 0 saturated carbocycles. The number of hydrogen-bond acceptors (Lipinski definition) is 2. The molecule has 1 aliphatic rings. The van der Waals surface area contributed by atoms with Crippen molar-refractivity contribution in [3.05, 3.63) is 23.3 Å². The number of hydrogen-bond donors (Lipinski definition) is 0. The minimum Gasteiger partial charge on any atom is -0.550 e. The van der Waals surface area contributed by atoms with E-state index in [1.807, 2.05) is 0 Å². The second kappa shape index (κ2) is 9.82. The summed E-state index contributed by atoms with van der Waals surface area (Å²) in [6, 6.07) is 0. The van der Waals surface area contributed by atoms with Crippen LogP contribution in [0.15, 0.2) is 23.3 Å². The van der Waals surface area contributed by atoms with Crippen LogP contribution in [0.25, 0.3) is 0 Å². The maximum Gasteiger partial charge on any atom is 0.0414 e. The third kappa shape index (κ3) is 8.63. The van der Waals surface area contributed by atoms with Gasteiger partial charge in [0.05, 0.1) is 0 Å². The molecule has 0 aromatic rings. The number of carbonyl (C=O) groups is 1. The maximum absolute atomic E-state index is 10.2. The summed E-state index contributed by atoms with van der Waals surface area (Å²) in [5.74, 6) is -0.911. The SMILES string of the molecule is C/C=C/CC1=C(CCCCCCCCCC(=O)[O-])C1. The van der Waals surface area contributed by atoms with Crippen molar-refractivity contribution in [3.8, 4) is 0 Å². The number of carbonyl (C=O) groups excluding carboxylic acids is 1. The molecule has 0 heterocycles. The molecule has 0 unspecified atom stereocenters. The van der Waals surface area contributed by atoms with E-state index in [-0.39, 0.29) is 6.42 Å². The van der Waals surface area contributed by atoms with Crippen LogP contribution in [0.2, 0.25) is 0 Å². The van der Waals surface area contributed by atoms with Gasteiger partial charge in [0.15, 0.2) is 0 Å². The van der Waals surface area contributed by atoms with Gasteiger partial charge in [0.1, 0.15) is 0 Å². The monoisotopic (exact) mass is 263 g/mol. The molecule has 2 nitrogen and oxygen atoms in total. The van der Waals surface area contributed by atoms with Crippen LogP contribution in [-0.4, -0.2) is 5.97 Å². The van der Waals surface area contributed by atoms with Crippen LogP contribution >= 0.6 is 0 Å². The van der Waals surface area contributed by atoms with Gasteiger partial charge in [-0.15, -0.1) is 0 Å². The molecule has 0 bridgehead atoms. The van der Waals surface area contributed by atoms with Gasteiger partial charge in [-0.05, 0) is 45.4 Å². The Morgan fingerprint density at radius 2 is 1.68 bits per heavy atom. The average molecular weight is 263 g/mol. The van der Waals surface area contributed by atoms with E-state index in [0.29, 0.717) is 0 Å². The highest BCUT2D eigenvalue weighted by atomic mass is 16.4. The molecule has 0 radical (unpaired) electrons. The molecule has 1 aliphatic carbocycles. The molecule has 0 aromatic heterocycles. The number of allylic oxidation sites excluding steroid dienone is 4. The lowest BCUT2D eigenvalue weighted by Crippen LogP contribution is -2.21. The third-order valence-corrected chi connectivity index (χ3v) is 3.76. The van der Waals surface area contributed by atoms with Gasteiger partial charge in [0.25, 0.3) is 0 Å². The summed E-state index contributed by atoms with van der Waals surface area (Å²) in [6.45, 7) is 2.08. The van der Waals surface area contributed by atoms with Gasteiger partial charge in [0, 0.05) is 5.97 Å².